The number of hydrogen-bond acceptors (Lipinski definition) is 2. The van der Waals surface area contributed by atoms with E-state index in [-0.39, 0.29) is 0 Å². The van der Waals surface area contributed by atoms with E-state index >= 15 is 0 Å². The maximum Gasteiger partial charge on any atom is 0.0726 e. The van der Waals surface area contributed by atoms with Crippen LogP contribution in [0.2, 0.25) is 0 Å². The van der Waals surface area contributed by atoms with Crippen molar-refractivity contribution in [1.29, 1.82) is 0 Å². The molecule has 0 aliphatic heterocycles. The normalized spacial score (nSPS) is 13.1. The van der Waals surface area contributed by atoms with Crippen molar-refractivity contribution in [2.24, 2.45) is 0 Å². The molecular weight excluding hydrogens is 793 g/mol. The van der Waals surface area contributed by atoms with Gasteiger partial charge in [-0.25, -0.2) is 0 Å². The lowest BCUT2D eigenvalue weighted by atomic mass is 9.70. The van der Waals surface area contributed by atoms with Crippen molar-refractivity contribution in [2.45, 2.75) is 5.41 Å². The van der Waals surface area contributed by atoms with Gasteiger partial charge in [-0.2, -0.15) is 0 Å². The lowest BCUT2D eigenvalue weighted by Gasteiger charge is -2.32. The van der Waals surface area contributed by atoms with Gasteiger partial charge in [0.15, 0.2) is 0 Å². The van der Waals surface area contributed by atoms with E-state index in [2.05, 4.69) is 240 Å². The van der Waals surface area contributed by atoms with E-state index in [1.807, 2.05) is 11.3 Å². The minimum absolute atomic E-state index is 0.445. The molecule has 0 fully saturated rings. The van der Waals surface area contributed by atoms with Crippen LogP contribution < -0.4 is 4.90 Å². The average molecular weight is 831 g/mol. The largest absolute Gasteiger partial charge is 0.310 e. The summed E-state index contributed by atoms with van der Waals surface area (Å²) in [5, 5.41) is 5.09. The standard InChI is InChI=1S/C61H38N2S/c1-3-16-39(17-4-1)40-30-32-42(33-31-40)62(55-28-15-27-53-58(55)47-22-9-13-26-52(47)61(53)50-24-11-7-20-44(50)45-21-8-12-25-51(45)61)43-34-36-54-49(38-43)46-35-37-57-59(48-23-10-14-29-56(48)64-57)60(46)63(54)41-18-5-2-6-19-41/h1-38H. The third-order valence-electron chi connectivity index (χ3n) is 14.0. The van der Waals surface area contributed by atoms with E-state index in [1.165, 1.54) is 97.6 Å². The lowest BCUT2D eigenvalue weighted by Crippen LogP contribution is -2.26. The lowest BCUT2D eigenvalue weighted by molar-refractivity contribution is 0.794. The van der Waals surface area contributed by atoms with Gasteiger partial charge in [0.2, 0.25) is 0 Å². The molecule has 0 radical (unpaired) electrons. The first-order chi connectivity index (χ1) is 31.8. The Kier molecular flexibility index (Phi) is 7.51. The van der Waals surface area contributed by atoms with Crippen molar-refractivity contribution in [2.75, 3.05) is 4.90 Å². The van der Waals surface area contributed by atoms with Crippen LogP contribution in [0.15, 0.2) is 231 Å². The summed E-state index contributed by atoms with van der Waals surface area (Å²) < 4.78 is 5.10. The van der Waals surface area contributed by atoms with Crippen molar-refractivity contribution in [3.05, 3.63) is 253 Å². The highest BCUT2D eigenvalue weighted by atomic mass is 32.1. The molecule has 14 rings (SSSR count). The second-order valence-electron chi connectivity index (χ2n) is 17.1. The number of fused-ring (bicyclic) bond motifs is 17. The number of thiophene rings is 1. The van der Waals surface area contributed by atoms with E-state index in [0.717, 1.165) is 22.7 Å². The van der Waals surface area contributed by atoms with Gasteiger partial charge >= 0.3 is 0 Å². The Morgan fingerprint density at radius 2 is 0.984 bits per heavy atom. The van der Waals surface area contributed by atoms with Crippen molar-refractivity contribution in [3.8, 4) is 39.1 Å². The Hall–Kier alpha value is -7.98. The summed E-state index contributed by atoms with van der Waals surface area (Å²) in [6.45, 7) is 0. The van der Waals surface area contributed by atoms with Gasteiger partial charge in [-0.15, -0.1) is 11.3 Å². The maximum absolute atomic E-state index is 2.51. The summed E-state index contributed by atoms with van der Waals surface area (Å²) in [6.07, 6.45) is 0. The Balaban J connectivity index is 1.06. The van der Waals surface area contributed by atoms with Gasteiger partial charge in [-0.3, -0.25) is 0 Å². The zero-order chi connectivity index (χ0) is 41.9. The van der Waals surface area contributed by atoms with Gasteiger partial charge in [0.1, 0.15) is 0 Å². The zero-order valence-electron chi connectivity index (χ0n) is 34.7. The summed E-state index contributed by atoms with van der Waals surface area (Å²) in [5.41, 5.74) is 19.5. The highest BCUT2D eigenvalue weighted by Gasteiger charge is 2.52. The molecule has 298 valence electrons. The fourth-order valence-corrected chi connectivity index (χ4v) is 12.6. The van der Waals surface area contributed by atoms with Crippen LogP contribution >= 0.6 is 11.3 Å². The van der Waals surface area contributed by atoms with Crippen LogP contribution in [0.1, 0.15) is 22.3 Å². The minimum atomic E-state index is -0.445. The third-order valence-corrected chi connectivity index (χ3v) is 15.1. The van der Waals surface area contributed by atoms with Gasteiger partial charge in [-0.1, -0.05) is 170 Å². The van der Waals surface area contributed by atoms with Gasteiger partial charge in [0.05, 0.1) is 22.1 Å². The van der Waals surface area contributed by atoms with Gasteiger partial charge in [0.25, 0.3) is 0 Å². The zero-order valence-corrected chi connectivity index (χ0v) is 35.6. The predicted octanol–water partition coefficient (Wildman–Crippen LogP) is 16.6. The molecule has 0 amide bonds. The molecule has 0 saturated carbocycles. The molecule has 0 unspecified atom stereocenters. The number of hydrogen-bond donors (Lipinski definition) is 0. The summed E-state index contributed by atoms with van der Waals surface area (Å²) in [5.74, 6) is 0. The number of aromatic nitrogens is 1. The van der Waals surface area contributed by atoms with Crippen molar-refractivity contribution < 1.29 is 0 Å². The highest BCUT2D eigenvalue weighted by molar-refractivity contribution is 7.26. The summed E-state index contributed by atoms with van der Waals surface area (Å²) in [4.78, 5) is 2.51. The summed E-state index contributed by atoms with van der Waals surface area (Å²) >= 11 is 1.88. The van der Waals surface area contributed by atoms with Crippen LogP contribution in [-0.2, 0) is 5.41 Å². The molecule has 2 aliphatic rings. The van der Waals surface area contributed by atoms with Crippen LogP contribution in [-0.4, -0.2) is 4.57 Å². The highest BCUT2D eigenvalue weighted by Crippen LogP contribution is 2.64. The smallest absolute Gasteiger partial charge is 0.0726 e. The Bertz CT molecular complexity index is 3790. The molecule has 0 N–H and O–H groups in total. The molecule has 2 nitrogen and oxygen atoms in total. The first-order valence-corrected chi connectivity index (χ1v) is 22.9. The molecule has 2 heterocycles. The van der Waals surface area contributed by atoms with Crippen LogP contribution in [0.4, 0.5) is 17.1 Å². The third kappa shape index (κ3) is 4.79. The second kappa shape index (κ2) is 13.5. The first kappa shape index (κ1) is 35.6. The number of benzene rings is 10. The number of para-hydroxylation sites is 1. The first-order valence-electron chi connectivity index (χ1n) is 22.1. The molecule has 0 atom stereocenters. The molecule has 64 heavy (non-hydrogen) atoms. The molecule has 3 heteroatoms. The van der Waals surface area contributed by atoms with Crippen molar-refractivity contribution in [3.63, 3.8) is 0 Å². The number of anilines is 3. The summed E-state index contributed by atoms with van der Waals surface area (Å²) in [6, 6.07) is 85.7. The quantitative estimate of drug-likeness (QED) is 0.168. The van der Waals surface area contributed by atoms with Crippen LogP contribution in [0.3, 0.4) is 0 Å². The molecule has 2 aromatic heterocycles. The topological polar surface area (TPSA) is 8.17 Å². The molecular formula is C61H38N2S. The van der Waals surface area contributed by atoms with Crippen LogP contribution in [0.5, 0.6) is 0 Å². The average Bonchev–Trinajstić information content (AvgIpc) is 4.09. The Morgan fingerprint density at radius 3 is 1.73 bits per heavy atom. The molecule has 10 aromatic carbocycles. The van der Waals surface area contributed by atoms with E-state index in [0.29, 0.717) is 0 Å². The van der Waals surface area contributed by atoms with E-state index < -0.39 is 5.41 Å². The monoisotopic (exact) mass is 830 g/mol. The predicted molar refractivity (Wildman–Crippen MR) is 270 cm³/mol. The molecule has 0 saturated heterocycles. The van der Waals surface area contributed by atoms with Crippen LogP contribution in [0.25, 0.3) is 81.0 Å². The molecule has 2 aliphatic carbocycles. The van der Waals surface area contributed by atoms with Crippen LogP contribution in [0, 0.1) is 0 Å². The van der Waals surface area contributed by atoms with E-state index in [1.54, 1.807) is 0 Å². The van der Waals surface area contributed by atoms with Gasteiger partial charge in [-0.05, 0) is 111 Å². The van der Waals surface area contributed by atoms with Gasteiger partial charge < -0.3 is 9.47 Å². The molecule has 12 aromatic rings. The number of rotatable bonds is 5. The van der Waals surface area contributed by atoms with E-state index in [9.17, 15) is 0 Å². The van der Waals surface area contributed by atoms with Crippen molar-refractivity contribution in [1.82, 2.24) is 4.57 Å². The number of nitrogens with zero attached hydrogens (tertiary/aromatic N) is 2. The Morgan fingerprint density at radius 1 is 0.391 bits per heavy atom. The Labute approximate surface area is 375 Å². The fourth-order valence-electron chi connectivity index (χ4n) is 11.5. The SMILES string of the molecule is c1ccc(-c2ccc(N(c3ccc4c(c3)c3ccc5sc6ccccc6c5c3n4-c3ccccc3)c3cccc4c3-c3ccccc3C43c4ccccc4-c4ccccc43)cc2)cc1. The van der Waals surface area contributed by atoms with Crippen molar-refractivity contribution >= 4 is 70.4 Å². The fraction of sp³-hybridized carbons (Fsp3) is 0.0164. The second-order valence-corrected chi connectivity index (χ2v) is 18.2. The molecule has 1 spiro atoms. The molecule has 0 bridgehead atoms. The minimum Gasteiger partial charge on any atom is -0.310 e. The maximum atomic E-state index is 2.51. The summed E-state index contributed by atoms with van der Waals surface area (Å²) in [7, 11) is 0. The van der Waals surface area contributed by atoms with Gasteiger partial charge in [0, 0.05) is 53.6 Å². The van der Waals surface area contributed by atoms with E-state index in [4.69, 9.17) is 0 Å².